The van der Waals surface area contributed by atoms with E-state index in [0.29, 0.717) is 5.78 Å². The van der Waals surface area contributed by atoms with Crippen molar-refractivity contribution < 1.29 is 4.79 Å². The molecule has 1 saturated heterocycles. The summed E-state index contributed by atoms with van der Waals surface area (Å²) in [7, 11) is 0. The van der Waals surface area contributed by atoms with E-state index < -0.39 is 0 Å². The van der Waals surface area contributed by atoms with Gasteiger partial charge < -0.3 is 4.90 Å². The van der Waals surface area contributed by atoms with Crippen LogP contribution in [0.5, 0.6) is 0 Å². The number of rotatable bonds is 1. The summed E-state index contributed by atoms with van der Waals surface area (Å²) in [5, 5.41) is 0. The first-order valence-electron chi connectivity index (χ1n) is 6.09. The molecular weight excluding hydrogens is 186 g/mol. The maximum atomic E-state index is 11.5. The predicted molar refractivity (Wildman–Crippen MR) is 61.5 cm³/mol. The van der Waals surface area contributed by atoms with Crippen molar-refractivity contribution in [2.45, 2.75) is 46.0 Å². The number of hydrogen-bond donors (Lipinski definition) is 0. The Morgan fingerprint density at radius 2 is 1.87 bits per heavy atom. The quantitative estimate of drug-likeness (QED) is 0.659. The van der Waals surface area contributed by atoms with Gasteiger partial charge in [0.15, 0.2) is 5.78 Å². The first-order chi connectivity index (χ1) is 7.09. The topological polar surface area (TPSA) is 20.3 Å². The van der Waals surface area contributed by atoms with E-state index in [1.165, 1.54) is 25.0 Å². The monoisotopic (exact) mass is 207 g/mol. The third-order valence-electron chi connectivity index (χ3n) is 3.68. The predicted octanol–water partition coefficient (Wildman–Crippen LogP) is 2.75. The number of hydrogen-bond acceptors (Lipinski definition) is 2. The Hall–Kier alpha value is -0.790. The summed E-state index contributed by atoms with van der Waals surface area (Å²) < 4.78 is 0. The Kier molecular flexibility index (Phi) is 2.85. The minimum Gasteiger partial charge on any atom is -0.374 e. The smallest absolute Gasteiger partial charge is 0.157 e. The molecule has 0 atom stereocenters. The molecule has 2 aliphatic rings. The Labute approximate surface area is 92.3 Å². The SMILES string of the molecule is CC1(C)CCC(=O)C=C1N1CCCCC1. The number of allylic oxidation sites excluding steroid dienone is 2. The molecule has 84 valence electrons. The molecule has 1 fully saturated rings. The average Bonchev–Trinajstić information content (AvgIpc) is 2.23. The number of ketones is 1. The number of piperidine rings is 1. The fourth-order valence-corrected chi connectivity index (χ4v) is 2.64. The van der Waals surface area contributed by atoms with E-state index in [-0.39, 0.29) is 5.41 Å². The first-order valence-corrected chi connectivity index (χ1v) is 6.09. The molecule has 1 aliphatic heterocycles. The number of likely N-dealkylation sites (tertiary alicyclic amines) is 1. The van der Waals surface area contributed by atoms with Gasteiger partial charge in [-0.3, -0.25) is 4.79 Å². The zero-order valence-electron chi connectivity index (χ0n) is 9.88. The van der Waals surface area contributed by atoms with Gasteiger partial charge in [0.25, 0.3) is 0 Å². The van der Waals surface area contributed by atoms with Gasteiger partial charge >= 0.3 is 0 Å². The zero-order chi connectivity index (χ0) is 10.9. The van der Waals surface area contributed by atoms with Crippen LogP contribution in [0.4, 0.5) is 0 Å². The van der Waals surface area contributed by atoms with Crippen molar-refractivity contribution in [3.05, 3.63) is 11.8 Å². The highest BCUT2D eigenvalue weighted by atomic mass is 16.1. The van der Waals surface area contributed by atoms with Crippen LogP contribution in [0.25, 0.3) is 0 Å². The summed E-state index contributed by atoms with van der Waals surface area (Å²) in [5.41, 5.74) is 1.49. The summed E-state index contributed by atoms with van der Waals surface area (Å²) in [6.45, 7) is 6.81. The van der Waals surface area contributed by atoms with Crippen molar-refractivity contribution in [1.29, 1.82) is 0 Å². The van der Waals surface area contributed by atoms with Gasteiger partial charge in [-0.05, 0) is 25.7 Å². The highest BCUT2D eigenvalue weighted by Crippen LogP contribution is 2.38. The molecular formula is C13H21NO. The summed E-state index contributed by atoms with van der Waals surface area (Å²) in [5.74, 6) is 0.315. The molecule has 2 heteroatoms. The number of carbonyl (C=O) groups is 1. The molecule has 0 aromatic carbocycles. The summed E-state index contributed by atoms with van der Waals surface area (Å²) in [6.07, 6.45) is 7.54. The third-order valence-corrected chi connectivity index (χ3v) is 3.68. The lowest BCUT2D eigenvalue weighted by Crippen LogP contribution is -2.38. The molecule has 2 nitrogen and oxygen atoms in total. The van der Waals surface area contributed by atoms with Crippen LogP contribution in [0.1, 0.15) is 46.0 Å². The summed E-state index contributed by atoms with van der Waals surface area (Å²) >= 11 is 0. The maximum absolute atomic E-state index is 11.5. The fourth-order valence-electron chi connectivity index (χ4n) is 2.64. The van der Waals surface area contributed by atoms with Crippen LogP contribution in [-0.2, 0) is 4.79 Å². The molecule has 0 aromatic heterocycles. The van der Waals surface area contributed by atoms with Gasteiger partial charge in [-0.2, -0.15) is 0 Å². The van der Waals surface area contributed by atoms with Crippen LogP contribution in [0.3, 0.4) is 0 Å². The number of carbonyl (C=O) groups excluding carboxylic acids is 1. The molecule has 2 rings (SSSR count). The van der Waals surface area contributed by atoms with Gasteiger partial charge in [-0.15, -0.1) is 0 Å². The van der Waals surface area contributed by atoms with E-state index in [0.717, 1.165) is 25.9 Å². The van der Waals surface area contributed by atoms with Crippen LogP contribution < -0.4 is 0 Å². The molecule has 0 spiro atoms. The van der Waals surface area contributed by atoms with Gasteiger partial charge in [0, 0.05) is 36.7 Å². The molecule has 0 N–H and O–H groups in total. The van der Waals surface area contributed by atoms with E-state index in [4.69, 9.17) is 0 Å². The second-order valence-corrected chi connectivity index (χ2v) is 5.43. The van der Waals surface area contributed by atoms with Crippen LogP contribution in [0.15, 0.2) is 11.8 Å². The normalized spacial score (nSPS) is 26.4. The molecule has 1 heterocycles. The summed E-state index contributed by atoms with van der Waals surface area (Å²) in [6, 6.07) is 0. The molecule has 0 radical (unpaired) electrons. The van der Waals surface area contributed by atoms with Crippen molar-refractivity contribution in [3.63, 3.8) is 0 Å². The highest BCUT2D eigenvalue weighted by Gasteiger charge is 2.32. The van der Waals surface area contributed by atoms with E-state index >= 15 is 0 Å². The van der Waals surface area contributed by atoms with Crippen LogP contribution in [0.2, 0.25) is 0 Å². The molecule has 0 aromatic rings. The van der Waals surface area contributed by atoms with Gasteiger partial charge in [0.1, 0.15) is 0 Å². The molecule has 0 unspecified atom stereocenters. The molecule has 0 saturated carbocycles. The lowest BCUT2D eigenvalue weighted by molar-refractivity contribution is -0.116. The highest BCUT2D eigenvalue weighted by molar-refractivity contribution is 5.91. The molecule has 0 amide bonds. The van der Waals surface area contributed by atoms with E-state index in [1.54, 1.807) is 0 Å². The van der Waals surface area contributed by atoms with Crippen molar-refractivity contribution in [3.8, 4) is 0 Å². The largest absolute Gasteiger partial charge is 0.374 e. The average molecular weight is 207 g/mol. The van der Waals surface area contributed by atoms with Gasteiger partial charge in [-0.1, -0.05) is 13.8 Å². The minimum atomic E-state index is 0.200. The number of nitrogens with zero attached hydrogens (tertiary/aromatic N) is 1. The van der Waals surface area contributed by atoms with Gasteiger partial charge in [-0.25, -0.2) is 0 Å². The van der Waals surface area contributed by atoms with Crippen LogP contribution >= 0.6 is 0 Å². The third kappa shape index (κ3) is 2.24. The van der Waals surface area contributed by atoms with E-state index in [1.807, 2.05) is 6.08 Å². The Balaban J connectivity index is 2.19. The van der Waals surface area contributed by atoms with Crippen molar-refractivity contribution in [2.75, 3.05) is 13.1 Å². The van der Waals surface area contributed by atoms with Gasteiger partial charge in [0.05, 0.1) is 0 Å². The van der Waals surface area contributed by atoms with Crippen molar-refractivity contribution in [2.24, 2.45) is 5.41 Å². The Morgan fingerprint density at radius 1 is 1.20 bits per heavy atom. The Morgan fingerprint density at radius 3 is 2.53 bits per heavy atom. The standard InChI is InChI=1S/C13H21NO/c1-13(2)7-6-11(15)10-12(13)14-8-4-3-5-9-14/h10H,3-9H2,1-2H3. The van der Waals surface area contributed by atoms with Gasteiger partial charge in [0.2, 0.25) is 0 Å². The van der Waals surface area contributed by atoms with E-state index in [2.05, 4.69) is 18.7 Å². The summed E-state index contributed by atoms with van der Waals surface area (Å²) in [4.78, 5) is 13.9. The van der Waals surface area contributed by atoms with Crippen LogP contribution in [-0.4, -0.2) is 23.8 Å². The van der Waals surface area contributed by atoms with Crippen molar-refractivity contribution >= 4 is 5.78 Å². The second-order valence-electron chi connectivity index (χ2n) is 5.43. The molecule has 15 heavy (non-hydrogen) atoms. The second kappa shape index (κ2) is 3.99. The lowest BCUT2D eigenvalue weighted by atomic mass is 9.78. The fraction of sp³-hybridized carbons (Fsp3) is 0.769. The van der Waals surface area contributed by atoms with E-state index in [9.17, 15) is 4.79 Å². The molecule has 1 aliphatic carbocycles. The Bertz CT molecular complexity index is 285. The minimum absolute atomic E-state index is 0.200. The zero-order valence-corrected chi connectivity index (χ0v) is 9.88. The maximum Gasteiger partial charge on any atom is 0.157 e. The van der Waals surface area contributed by atoms with Crippen molar-refractivity contribution in [1.82, 2.24) is 4.90 Å². The molecule has 0 bridgehead atoms. The van der Waals surface area contributed by atoms with Crippen LogP contribution in [0, 0.1) is 5.41 Å². The first kappa shape index (κ1) is 10.7. The lowest BCUT2D eigenvalue weighted by Gasteiger charge is -2.41.